The van der Waals surface area contributed by atoms with Gasteiger partial charge in [-0.3, -0.25) is 4.79 Å². The Kier molecular flexibility index (Phi) is 4.24. The molecule has 0 saturated carbocycles. The summed E-state index contributed by atoms with van der Waals surface area (Å²) in [5, 5.41) is 3.09. The van der Waals surface area contributed by atoms with Crippen molar-refractivity contribution in [3.8, 4) is 0 Å². The van der Waals surface area contributed by atoms with Crippen LogP contribution in [0.4, 0.5) is 11.6 Å². The predicted octanol–water partition coefficient (Wildman–Crippen LogP) is 0.642. The van der Waals surface area contributed by atoms with Gasteiger partial charge in [-0.2, -0.15) is 0 Å². The summed E-state index contributed by atoms with van der Waals surface area (Å²) < 4.78 is 5.10. The SMILES string of the molecule is Nc1cc(N)nc(SCC(=O)NCc2ccco2)n1. The minimum Gasteiger partial charge on any atom is -0.467 e. The molecular weight excluding hydrogens is 266 g/mol. The van der Waals surface area contributed by atoms with E-state index in [-0.39, 0.29) is 23.3 Å². The topological polar surface area (TPSA) is 120 Å². The van der Waals surface area contributed by atoms with Gasteiger partial charge in [0, 0.05) is 6.07 Å². The van der Waals surface area contributed by atoms with E-state index < -0.39 is 0 Å². The van der Waals surface area contributed by atoms with Crippen LogP contribution in [-0.4, -0.2) is 21.6 Å². The highest BCUT2D eigenvalue weighted by Crippen LogP contribution is 2.15. The number of nitrogen functional groups attached to an aromatic ring is 2. The van der Waals surface area contributed by atoms with Gasteiger partial charge in [-0.1, -0.05) is 11.8 Å². The maximum atomic E-state index is 11.6. The van der Waals surface area contributed by atoms with E-state index in [0.717, 1.165) is 0 Å². The molecule has 5 N–H and O–H groups in total. The van der Waals surface area contributed by atoms with Crippen molar-refractivity contribution in [2.45, 2.75) is 11.7 Å². The van der Waals surface area contributed by atoms with Crippen LogP contribution >= 0.6 is 11.8 Å². The van der Waals surface area contributed by atoms with Gasteiger partial charge in [0.05, 0.1) is 18.6 Å². The first kappa shape index (κ1) is 13.2. The summed E-state index contributed by atoms with van der Waals surface area (Å²) in [6, 6.07) is 5.01. The average molecular weight is 279 g/mol. The van der Waals surface area contributed by atoms with Gasteiger partial charge in [0.2, 0.25) is 5.91 Å². The van der Waals surface area contributed by atoms with E-state index in [9.17, 15) is 4.79 Å². The molecule has 19 heavy (non-hydrogen) atoms. The number of hydrogen-bond donors (Lipinski definition) is 3. The van der Waals surface area contributed by atoms with Crippen LogP contribution in [0.3, 0.4) is 0 Å². The summed E-state index contributed by atoms with van der Waals surface area (Å²) in [6.45, 7) is 0.353. The molecule has 0 bridgehead atoms. The van der Waals surface area contributed by atoms with Crippen molar-refractivity contribution in [2.24, 2.45) is 0 Å². The number of carbonyl (C=O) groups excluding carboxylic acids is 1. The van der Waals surface area contributed by atoms with Gasteiger partial charge >= 0.3 is 0 Å². The molecule has 8 heteroatoms. The minimum atomic E-state index is -0.147. The van der Waals surface area contributed by atoms with Gasteiger partial charge in [-0.25, -0.2) is 9.97 Å². The fourth-order valence-corrected chi connectivity index (χ4v) is 2.01. The molecule has 0 fully saturated rings. The van der Waals surface area contributed by atoms with Crippen molar-refractivity contribution in [1.29, 1.82) is 0 Å². The van der Waals surface area contributed by atoms with Gasteiger partial charge in [-0.05, 0) is 12.1 Å². The number of rotatable bonds is 5. The second-order valence-electron chi connectivity index (χ2n) is 3.65. The molecule has 1 amide bonds. The first-order valence-corrected chi connectivity index (χ1v) is 6.44. The van der Waals surface area contributed by atoms with E-state index >= 15 is 0 Å². The molecular formula is C11H13N5O2S. The Morgan fingerprint density at radius 1 is 1.37 bits per heavy atom. The van der Waals surface area contributed by atoms with Crippen molar-refractivity contribution in [3.05, 3.63) is 30.2 Å². The number of aromatic nitrogens is 2. The van der Waals surface area contributed by atoms with Crippen molar-refractivity contribution in [3.63, 3.8) is 0 Å². The monoisotopic (exact) mass is 279 g/mol. The Labute approximate surface area is 113 Å². The maximum Gasteiger partial charge on any atom is 0.230 e. The molecule has 0 aliphatic heterocycles. The summed E-state index contributed by atoms with van der Waals surface area (Å²) >= 11 is 1.17. The van der Waals surface area contributed by atoms with Gasteiger partial charge in [0.25, 0.3) is 0 Å². The van der Waals surface area contributed by atoms with Crippen molar-refractivity contribution >= 4 is 29.3 Å². The molecule has 0 aliphatic rings. The normalized spacial score (nSPS) is 10.3. The molecule has 0 spiro atoms. The summed E-state index contributed by atoms with van der Waals surface area (Å²) in [7, 11) is 0. The van der Waals surface area contributed by atoms with Gasteiger partial charge < -0.3 is 21.2 Å². The van der Waals surface area contributed by atoms with E-state index in [4.69, 9.17) is 15.9 Å². The standard InChI is InChI=1S/C11H13N5O2S/c12-8-4-9(13)16-11(15-8)19-6-10(17)14-5-7-2-1-3-18-7/h1-4H,5-6H2,(H,14,17)(H4,12,13,15,16). The Morgan fingerprint density at radius 3 is 2.74 bits per heavy atom. The molecule has 2 heterocycles. The molecule has 0 aromatic carbocycles. The predicted molar refractivity (Wildman–Crippen MR) is 72.1 cm³/mol. The first-order chi connectivity index (χ1) is 9.13. The number of thioether (sulfide) groups is 1. The van der Waals surface area contributed by atoms with E-state index in [2.05, 4.69) is 15.3 Å². The number of hydrogen-bond acceptors (Lipinski definition) is 7. The fourth-order valence-electron chi connectivity index (χ4n) is 1.31. The summed E-state index contributed by atoms with van der Waals surface area (Å²) in [6.07, 6.45) is 1.56. The number of carbonyl (C=O) groups is 1. The number of nitrogens with one attached hydrogen (secondary N) is 1. The fraction of sp³-hybridized carbons (Fsp3) is 0.182. The molecule has 0 saturated heterocycles. The number of furan rings is 1. The van der Waals surface area contributed by atoms with Crippen LogP contribution in [0, 0.1) is 0 Å². The maximum absolute atomic E-state index is 11.6. The van der Waals surface area contributed by atoms with Gasteiger partial charge in [0.1, 0.15) is 17.4 Å². The van der Waals surface area contributed by atoms with Crippen LogP contribution in [0.15, 0.2) is 34.0 Å². The van der Waals surface area contributed by atoms with Gasteiger partial charge in [0.15, 0.2) is 5.16 Å². The molecule has 0 aliphatic carbocycles. The van der Waals surface area contributed by atoms with Crippen LogP contribution in [0.1, 0.15) is 5.76 Å². The first-order valence-electron chi connectivity index (χ1n) is 5.45. The highest BCUT2D eigenvalue weighted by molar-refractivity contribution is 7.99. The molecule has 7 nitrogen and oxygen atoms in total. The van der Waals surface area contributed by atoms with Crippen molar-refractivity contribution in [2.75, 3.05) is 17.2 Å². The van der Waals surface area contributed by atoms with Crippen LogP contribution in [0.25, 0.3) is 0 Å². The lowest BCUT2D eigenvalue weighted by molar-refractivity contribution is -0.118. The number of nitrogens with two attached hydrogens (primary N) is 2. The quantitative estimate of drug-likeness (QED) is 0.542. The Hall–Kier alpha value is -2.22. The Morgan fingerprint density at radius 2 is 2.11 bits per heavy atom. The van der Waals surface area contributed by atoms with Crippen LogP contribution in [0.5, 0.6) is 0 Å². The third-order valence-corrected chi connectivity index (χ3v) is 2.96. The highest BCUT2D eigenvalue weighted by Gasteiger charge is 2.07. The summed E-state index contributed by atoms with van der Waals surface area (Å²) in [4.78, 5) is 19.5. The third kappa shape index (κ3) is 4.18. The average Bonchev–Trinajstić information content (AvgIpc) is 2.86. The molecule has 2 aromatic rings. The zero-order chi connectivity index (χ0) is 13.7. The largest absolute Gasteiger partial charge is 0.467 e. The lowest BCUT2D eigenvalue weighted by Gasteiger charge is -2.03. The van der Waals surface area contributed by atoms with Crippen LogP contribution in [-0.2, 0) is 11.3 Å². The molecule has 100 valence electrons. The summed E-state index contributed by atoms with van der Waals surface area (Å²) in [5.41, 5.74) is 11.1. The zero-order valence-electron chi connectivity index (χ0n) is 10.00. The van der Waals surface area contributed by atoms with E-state index in [0.29, 0.717) is 17.5 Å². The Bertz CT molecular complexity index is 538. The minimum absolute atomic E-state index is 0.147. The van der Waals surface area contributed by atoms with Crippen LogP contribution in [0.2, 0.25) is 0 Å². The smallest absolute Gasteiger partial charge is 0.230 e. The summed E-state index contributed by atoms with van der Waals surface area (Å²) in [5.74, 6) is 1.30. The van der Waals surface area contributed by atoms with E-state index in [1.165, 1.54) is 17.8 Å². The van der Waals surface area contributed by atoms with Gasteiger partial charge in [-0.15, -0.1) is 0 Å². The van der Waals surface area contributed by atoms with Crippen LogP contribution < -0.4 is 16.8 Å². The van der Waals surface area contributed by atoms with E-state index in [1.807, 2.05) is 0 Å². The van der Waals surface area contributed by atoms with E-state index in [1.54, 1.807) is 18.4 Å². The molecule has 2 rings (SSSR count). The second kappa shape index (κ2) is 6.10. The third-order valence-electron chi connectivity index (χ3n) is 2.12. The molecule has 2 aromatic heterocycles. The molecule has 0 radical (unpaired) electrons. The number of amides is 1. The second-order valence-corrected chi connectivity index (χ2v) is 4.59. The zero-order valence-corrected chi connectivity index (χ0v) is 10.8. The highest BCUT2D eigenvalue weighted by atomic mass is 32.2. The van der Waals surface area contributed by atoms with Crippen molar-refractivity contribution in [1.82, 2.24) is 15.3 Å². The van der Waals surface area contributed by atoms with Crippen molar-refractivity contribution < 1.29 is 9.21 Å². The molecule has 0 atom stereocenters. The number of nitrogens with zero attached hydrogens (tertiary/aromatic N) is 2. The lowest BCUT2D eigenvalue weighted by atomic mass is 10.4. The Balaban J connectivity index is 1.79. The molecule has 0 unspecified atom stereocenters. The number of anilines is 2. The lowest BCUT2D eigenvalue weighted by Crippen LogP contribution is -2.24.